The van der Waals surface area contributed by atoms with Gasteiger partial charge in [0.05, 0.1) is 5.69 Å². The molecule has 0 bridgehead atoms. The Morgan fingerprint density at radius 3 is 2.55 bits per heavy atom. The lowest BCUT2D eigenvalue weighted by molar-refractivity contribution is -0.133. The molecule has 0 N–H and O–H groups in total. The van der Waals surface area contributed by atoms with E-state index in [-0.39, 0.29) is 11.8 Å². The van der Waals surface area contributed by atoms with Crippen LogP contribution in [0.3, 0.4) is 0 Å². The summed E-state index contributed by atoms with van der Waals surface area (Å²) in [6.07, 6.45) is 9.56. The van der Waals surface area contributed by atoms with E-state index in [2.05, 4.69) is 9.97 Å². The molecule has 0 radical (unpaired) electrons. The van der Waals surface area contributed by atoms with Crippen molar-refractivity contribution in [3.63, 3.8) is 0 Å². The lowest BCUT2D eigenvalue weighted by Gasteiger charge is -2.32. The fraction of sp³-hybridized carbons (Fsp3) is 0.478. The highest BCUT2D eigenvalue weighted by atomic mass is 16.2. The topological polar surface area (TPSA) is 66.4 Å². The zero-order valence-electron chi connectivity index (χ0n) is 17.2. The van der Waals surface area contributed by atoms with Gasteiger partial charge in [-0.3, -0.25) is 19.6 Å². The Morgan fingerprint density at radius 1 is 1.10 bits per heavy atom. The first-order valence-corrected chi connectivity index (χ1v) is 10.4. The normalized spacial score (nSPS) is 14.6. The van der Waals surface area contributed by atoms with Gasteiger partial charge in [0.15, 0.2) is 0 Å². The number of carbonyl (C=O) groups is 2. The average Bonchev–Trinajstić information content (AvgIpc) is 2.77. The highest BCUT2D eigenvalue weighted by Gasteiger charge is 2.23. The fourth-order valence-corrected chi connectivity index (χ4v) is 3.79. The number of likely N-dealkylation sites (tertiary alicyclic amines) is 1. The van der Waals surface area contributed by atoms with E-state index in [0.29, 0.717) is 31.7 Å². The van der Waals surface area contributed by atoms with E-state index in [9.17, 15) is 9.59 Å². The Morgan fingerprint density at radius 2 is 1.86 bits per heavy atom. The van der Waals surface area contributed by atoms with Crippen molar-refractivity contribution in [2.24, 2.45) is 5.92 Å². The van der Waals surface area contributed by atoms with Crippen molar-refractivity contribution in [1.82, 2.24) is 19.8 Å². The van der Waals surface area contributed by atoms with E-state index >= 15 is 0 Å². The predicted molar refractivity (Wildman–Crippen MR) is 112 cm³/mol. The van der Waals surface area contributed by atoms with Crippen LogP contribution < -0.4 is 0 Å². The number of piperidine rings is 1. The molecule has 154 valence electrons. The van der Waals surface area contributed by atoms with Crippen molar-refractivity contribution in [3.8, 4) is 0 Å². The zero-order chi connectivity index (χ0) is 20.5. The van der Waals surface area contributed by atoms with Crippen LogP contribution in [0.5, 0.6) is 0 Å². The minimum Gasteiger partial charge on any atom is -0.343 e. The van der Waals surface area contributed by atoms with Gasteiger partial charge in [-0.15, -0.1) is 0 Å². The monoisotopic (exact) mass is 394 g/mol. The maximum Gasteiger partial charge on any atom is 0.222 e. The minimum absolute atomic E-state index is 0.188. The van der Waals surface area contributed by atoms with Crippen molar-refractivity contribution >= 4 is 11.8 Å². The number of amides is 2. The highest BCUT2D eigenvalue weighted by Crippen LogP contribution is 2.23. The summed E-state index contributed by atoms with van der Waals surface area (Å²) < 4.78 is 0. The smallest absolute Gasteiger partial charge is 0.222 e. The van der Waals surface area contributed by atoms with E-state index in [1.807, 2.05) is 42.3 Å². The van der Waals surface area contributed by atoms with Gasteiger partial charge in [-0.25, -0.2) is 0 Å². The summed E-state index contributed by atoms with van der Waals surface area (Å²) in [5.41, 5.74) is 2.01. The van der Waals surface area contributed by atoms with Gasteiger partial charge >= 0.3 is 0 Å². The van der Waals surface area contributed by atoms with Gasteiger partial charge in [0.25, 0.3) is 0 Å². The van der Waals surface area contributed by atoms with Crippen LogP contribution >= 0.6 is 0 Å². The Bertz CT molecular complexity index is 774. The van der Waals surface area contributed by atoms with Crippen LogP contribution in [0.1, 0.15) is 43.4 Å². The van der Waals surface area contributed by atoms with E-state index in [1.54, 1.807) is 23.5 Å². The molecule has 1 aliphatic rings. The van der Waals surface area contributed by atoms with Gasteiger partial charge in [-0.2, -0.15) is 0 Å². The fourth-order valence-electron chi connectivity index (χ4n) is 3.79. The molecule has 0 aliphatic carbocycles. The largest absolute Gasteiger partial charge is 0.343 e. The molecule has 1 fully saturated rings. The number of benzene rings is 1. The standard InChI is InChI=1S/C23H30N4O2/c1-26(18-20-5-3-2-4-6-20)22(28)9-7-19-11-15-27(16-12-19)23(29)10-8-21-17-24-13-14-25-21/h2-6,13-14,17,19H,7-12,15-16,18H2,1H3. The quantitative estimate of drug-likeness (QED) is 0.690. The van der Waals surface area contributed by atoms with Crippen molar-refractivity contribution in [2.75, 3.05) is 20.1 Å². The van der Waals surface area contributed by atoms with Crippen LogP contribution in [-0.4, -0.2) is 51.7 Å². The Balaban J connectivity index is 1.34. The van der Waals surface area contributed by atoms with Crippen LogP contribution in [-0.2, 0) is 22.6 Å². The van der Waals surface area contributed by atoms with Gasteiger partial charge in [-0.1, -0.05) is 30.3 Å². The summed E-state index contributed by atoms with van der Waals surface area (Å²) in [6, 6.07) is 10.1. The second kappa shape index (κ2) is 10.7. The summed E-state index contributed by atoms with van der Waals surface area (Å²) in [6.45, 7) is 2.23. The SMILES string of the molecule is CN(Cc1ccccc1)C(=O)CCC1CCN(C(=O)CCc2cnccn2)CC1. The number of hydrogen-bond acceptors (Lipinski definition) is 4. The number of aryl methyl sites for hydroxylation is 1. The number of hydrogen-bond donors (Lipinski definition) is 0. The summed E-state index contributed by atoms with van der Waals surface area (Å²) >= 11 is 0. The van der Waals surface area contributed by atoms with Gasteiger partial charge in [-0.05, 0) is 37.2 Å². The molecule has 3 rings (SSSR count). The highest BCUT2D eigenvalue weighted by molar-refractivity contribution is 5.76. The van der Waals surface area contributed by atoms with E-state index < -0.39 is 0 Å². The minimum atomic E-state index is 0.188. The van der Waals surface area contributed by atoms with Crippen molar-refractivity contribution in [3.05, 3.63) is 60.2 Å². The molecule has 0 atom stereocenters. The zero-order valence-corrected chi connectivity index (χ0v) is 17.2. The molecule has 1 aliphatic heterocycles. The first-order valence-electron chi connectivity index (χ1n) is 10.4. The van der Waals surface area contributed by atoms with E-state index in [4.69, 9.17) is 0 Å². The molecule has 0 unspecified atom stereocenters. The summed E-state index contributed by atoms with van der Waals surface area (Å²) in [5, 5.41) is 0. The Kier molecular flexibility index (Phi) is 7.73. The number of aromatic nitrogens is 2. The number of carbonyl (C=O) groups excluding carboxylic acids is 2. The van der Waals surface area contributed by atoms with Crippen molar-refractivity contribution in [1.29, 1.82) is 0 Å². The van der Waals surface area contributed by atoms with Crippen LogP contribution in [0, 0.1) is 5.92 Å². The Labute approximate surface area is 173 Å². The summed E-state index contributed by atoms with van der Waals surface area (Å²) in [4.78, 5) is 36.9. The number of rotatable bonds is 8. The first-order chi connectivity index (χ1) is 14.1. The molecule has 2 amide bonds. The lowest BCUT2D eigenvalue weighted by atomic mass is 9.91. The van der Waals surface area contributed by atoms with Gasteiger partial charge < -0.3 is 9.80 Å². The van der Waals surface area contributed by atoms with Gasteiger partial charge in [0, 0.05) is 58.1 Å². The Hall–Kier alpha value is -2.76. The lowest BCUT2D eigenvalue weighted by Crippen LogP contribution is -2.38. The van der Waals surface area contributed by atoms with Gasteiger partial charge in [0.2, 0.25) is 11.8 Å². The molecule has 6 heteroatoms. The molecular weight excluding hydrogens is 364 g/mol. The van der Waals surface area contributed by atoms with Crippen LogP contribution in [0.4, 0.5) is 0 Å². The van der Waals surface area contributed by atoms with Crippen LogP contribution in [0.25, 0.3) is 0 Å². The third-order valence-electron chi connectivity index (χ3n) is 5.63. The van der Waals surface area contributed by atoms with E-state index in [0.717, 1.165) is 43.6 Å². The predicted octanol–water partition coefficient (Wildman–Crippen LogP) is 3.09. The van der Waals surface area contributed by atoms with Crippen molar-refractivity contribution in [2.45, 2.75) is 45.1 Å². The maximum absolute atomic E-state index is 12.4. The van der Waals surface area contributed by atoms with Gasteiger partial charge in [0.1, 0.15) is 0 Å². The molecule has 1 aromatic carbocycles. The molecule has 0 saturated carbocycles. The molecule has 1 saturated heterocycles. The summed E-state index contributed by atoms with van der Waals surface area (Å²) in [7, 11) is 1.87. The summed E-state index contributed by atoms with van der Waals surface area (Å²) in [5.74, 6) is 0.900. The van der Waals surface area contributed by atoms with Crippen LogP contribution in [0.15, 0.2) is 48.9 Å². The molecule has 0 spiro atoms. The second-order valence-corrected chi connectivity index (χ2v) is 7.79. The molecule has 2 aromatic rings. The molecule has 1 aromatic heterocycles. The maximum atomic E-state index is 12.4. The van der Waals surface area contributed by atoms with Crippen LogP contribution in [0.2, 0.25) is 0 Å². The molecule has 2 heterocycles. The van der Waals surface area contributed by atoms with E-state index in [1.165, 1.54) is 0 Å². The second-order valence-electron chi connectivity index (χ2n) is 7.79. The van der Waals surface area contributed by atoms with Crippen molar-refractivity contribution < 1.29 is 9.59 Å². The molecular formula is C23H30N4O2. The average molecular weight is 395 g/mol. The third kappa shape index (κ3) is 6.66. The third-order valence-corrected chi connectivity index (χ3v) is 5.63. The number of nitrogens with zero attached hydrogens (tertiary/aromatic N) is 4. The molecule has 6 nitrogen and oxygen atoms in total. The first kappa shape index (κ1) is 21.0. The molecule has 29 heavy (non-hydrogen) atoms.